The first-order valence-electron chi connectivity index (χ1n) is 2.96. The van der Waals surface area contributed by atoms with Gasteiger partial charge in [0.25, 0.3) is 0 Å². The van der Waals surface area contributed by atoms with Gasteiger partial charge in [-0.3, -0.25) is 0 Å². The molecule has 0 aromatic carbocycles. The van der Waals surface area contributed by atoms with Crippen LogP contribution in [-0.2, 0) is 11.2 Å². The normalized spacial score (nSPS) is 9.70. The minimum Gasteiger partial charge on any atom is -0.507 e. The van der Waals surface area contributed by atoms with Crippen LogP contribution in [0.4, 0.5) is 0 Å². The summed E-state index contributed by atoms with van der Waals surface area (Å²) in [5.74, 6) is 0.245. The molecule has 0 aliphatic rings. The lowest BCUT2D eigenvalue weighted by atomic mass is 10.3. The molecule has 10 heavy (non-hydrogen) atoms. The van der Waals surface area contributed by atoms with Crippen LogP contribution >= 0.6 is 11.3 Å². The molecular formula is C7H8O2S. The molecule has 0 unspecified atom stereocenters. The lowest BCUT2D eigenvalue weighted by Crippen LogP contribution is -1.78. The van der Waals surface area contributed by atoms with Gasteiger partial charge >= 0.3 is 0 Å². The number of rotatable bonds is 2. The first-order valence-corrected chi connectivity index (χ1v) is 3.77. The zero-order chi connectivity index (χ0) is 7.56. The van der Waals surface area contributed by atoms with E-state index >= 15 is 0 Å². The van der Waals surface area contributed by atoms with Crippen molar-refractivity contribution < 1.29 is 9.90 Å². The van der Waals surface area contributed by atoms with Crippen molar-refractivity contribution in [1.29, 1.82) is 0 Å². The molecular weight excluding hydrogens is 148 g/mol. The smallest absolute Gasteiger partial charge is 0.130 e. The Labute approximate surface area is 63.1 Å². The van der Waals surface area contributed by atoms with E-state index in [1.807, 2.05) is 6.92 Å². The van der Waals surface area contributed by atoms with Crippen molar-refractivity contribution in [3.05, 3.63) is 15.8 Å². The molecule has 1 heterocycles. The molecule has 3 heteroatoms. The molecule has 1 rings (SSSR count). The summed E-state index contributed by atoms with van der Waals surface area (Å²) in [6, 6.07) is 1.67. The highest BCUT2D eigenvalue weighted by atomic mass is 32.1. The molecule has 0 aliphatic heterocycles. The molecule has 0 saturated heterocycles. The Balaban J connectivity index is 2.91. The Hall–Kier alpha value is -0.830. The fourth-order valence-electron chi connectivity index (χ4n) is 0.771. The average molecular weight is 156 g/mol. The lowest BCUT2D eigenvalue weighted by molar-refractivity contribution is -0.107. The zero-order valence-electron chi connectivity index (χ0n) is 5.63. The molecule has 2 nitrogen and oxygen atoms in total. The summed E-state index contributed by atoms with van der Waals surface area (Å²) in [7, 11) is 0. The summed E-state index contributed by atoms with van der Waals surface area (Å²) >= 11 is 1.46. The predicted octanol–water partition coefficient (Wildman–Crippen LogP) is 1.50. The lowest BCUT2D eigenvalue weighted by Gasteiger charge is -1.86. The maximum absolute atomic E-state index is 10.0. The molecule has 0 fully saturated rings. The van der Waals surface area contributed by atoms with Crippen molar-refractivity contribution in [2.75, 3.05) is 0 Å². The number of thiophene rings is 1. The number of hydrogen-bond donors (Lipinski definition) is 1. The fraction of sp³-hybridized carbons (Fsp3) is 0.286. The quantitative estimate of drug-likeness (QED) is 0.659. The van der Waals surface area contributed by atoms with Crippen molar-refractivity contribution in [1.82, 2.24) is 0 Å². The Morgan fingerprint density at radius 3 is 2.90 bits per heavy atom. The third-order valence-corrected chi connectivity index (χ3v) is 2.24. The third-order valence-electron chi connectivity index (χ3n) is 1.18. The van der Waals surface area contributed by atoms with Crippen molar-refractivity contribution >= 4 is 17.6 Å². The van der Waals surface area contributed by atoms with Crippen LogP contribution in [0.5, 0.6) is 5.75 Å². The molecule has 0 spiro atoms. The molecule has 54 valence electrons. The Morgan fingerprint density at radius 2 is 2.50 bits per heavy atom. The van der Waals surface area contributed by atoms with Crippen molar-refractivity contribution in [3.63, 3.8) is 0 Å². The van der Waals surface area contributed by atoms with Crippen LogP contribution < -0.4 is 0 Å². The van der Waals surface area contributed by atoms with Crippen LogP contribution in [0.2, 0.25) is 0 Å². The summed E-state index contributed by atoms with van der Waals surface area (Å²) in [5.41, 5.74) is 0. The molecule has 0 bridgehead atoms. The van der Waals surface area contributed by atoms with Gasteiger partial charge in [-0.15, -0.1) is 11.3 Å². The first-order chi connectivity index (χ1) is 4.74. The summed E-state index contributed by atoms with van der Waals surface area (Å²) in [5, 5.41) is 9.11. The summed E-state index contributed by atoms with van der Waals surface area (Å²) in [6.45, 7) is 1.90. The highest BCUT2D eigenvalue weighted by molar-refractivity contribution is 7.12. The molecule has 1 aromatic heterocycles. The average Bonchev–Trinajstić information content (AvgIpc) is 2.13. The van der Waals surface area contributed by atoms with Gasteiger partial charge in [-0.05, 0) is 13.0 Å². The van der Waals surface area contributed by atoms with Crippen LogP contribution in [0.25, 0.3) is 0 Å². The molecule has 0 atom stereocenters. The minimum absolute atomic E-state index is 0.245. The van der Waals surface area contributed by atoms with Crippen LogP contribution in [-0.4, -0.2) is 11.4 Å². The minimum atomic E-state index is 0.245. The van der Waals surface area contributed by atoms with E-state index in [1.54, 1.807) is 6.07 Å². The van der Waals surface area contributed by atoms with Crippen LogP contribution in [0.3, 0.4) is 0 Å². The number of aromatic hydroxyl groups is 1. The molecule has 0 radical (unpaired) electrons. The topological polar surface area (TPSA) is 37.3 Å². The van der Waals surface area contributed by atoms with E-state index in [0.717, 1.165) is 16.0 Å². The van der Waals surface area contributed by atoms with Gasteiger partial charge in [0.2, 0.25) is 0 Å². The van der Waals surface area contributed by atoms with E-state index in [4.69, 9.17) is 5.11 Å². The Bertz CT molecular complexity index is 240. The maximum Gasteiger partial charge on any atom is 0.130 e. The number of carbonyl (C=O) groups excluding carboxylic acids is 1. The van der Waals surface area contributed by atoms with Crippen LogP contribution in [0.1, 0.15) is 9.75 Å². The van der Waals surface area contributed by atoms with Gasteiger partial charge in [-0.1, -0.05) is 0 Å². The highest BCUT2D eigenvalue weighted by Crippen LogP contribution is 2.27. The van der Waals surface area contributed by atoms with E-state index in [2.05, 4.69) is 0 Å². The number of aryl methyl sites for hydroxylation is 1. The summed E-state index contributed by atoms with van der Waals surface area (Å²) < 4.78 is 0. The molecule has 0 saturated carbocycles. The Kier molecular flexibility index (Phi) is 2.06. The van der Waals surface area contributed by atoms with Gasteiger partial charge in [0.1, 0.15) is 12.0 Å². The van der Waals surface area contributed by atoms with Crippen molar-refractivity contribution in [3.8, 4) is 5.75 Å². The molecule has 1 aromatic rings. The van der Waals surface area contributed by atoms with E-state index in [0.29, 0.717) is 6.42 Å². The van der Waals surface area contributed by atoms with E-state index in [1.165, 1.54) is 11.3 Å². The van der Waals surface area contributed by atoms with Gasteiger partial charge < -0.3 is 9.90 Å². The predicted molar refractivity (Wildman–Crippen MR) is 40.5 cm³/mol. The highest BCUT2D eigenvalue weighted by Gasteiger charge is 2.03. The second-order valence-electron chi connectivity index (χ2n) is 2.04. The second kappa shape index (κ2) is 2.84. The zero-order valence-corrected chi connectivity index (χ0v) is 6.44. The Morgan fingerprint density at radius 1 is 1.80 bits per heavy atom. The number of hydrogen-bond acceptors (Lipinski definition) is 3. The maximum atomic E-state index is 10.0. The van der Waals surface area contributed by atoms with Gasteiger partial charge in [-0.2, -0.15) is 0 Å². The van der Waals surface area contributed by atoms with Gasteiger partial charge in [0.05, 0.1) is 4.88 Å². The first kappa shape index (κ1) is 7.28. The van der Waals surface area contributed by atoms with Crippen molar-refractivity contribution in [2.45, 2.75) is 13.3 Å². The second-order valence-corrected chi connectivity index (χ2v) is 3.38. The van der Waals surface area contributed by atoms with Gasteiger partial charge in [0, 0.05) is 11.3 Å². The van der Waals surface area contributed by atoms with E-state index < -0.39 is 0 Å². The number of aldehydes is 1. The number of carbonyl (C=O) groups is 1. The van der Waals surface area contributed by atoms with E-state index in [-0.39, 0.29) is 5.75 Å². The molecule has 1 N–H and O–H groups in total. The standard InChI is InChI=1S/C7H8O2S/c1-5-4-6(9)7(10-5)2-3-8/h3-4,9H,2H2,1H3. The van der Waals surface area contributed by atoms with Crippen molar-refractivity contribution in [2.24, 2.45) is 0 Å². The third kappa shape index (κ3) is 1.36. The van der Waals surface area contributed by atoms with Crippen LogP contribution in [0, 0.1) is 6.92 Å². The fourth-order valence-corrected chi connectivity index (χ4v) is 1.65. The monoisotopic (exact) mass is 156 g/mol. The largest absolute Gasteiger partial charge is 0.507 e. The van der Waals surface area contributed by atoms with Crippen LogP contribution in [0.15, 0.2) is 6.07 Å². The summed E-state index contributed by atoms with van der Waals surface area (Å²) in [4.78, 5) is 11.8. The van der Waals surface area contributed by atoms with E-state index in [9.17, 15) is 4.79 Å². The van der Waals surface area contributed by atoms with Gasteiger partial charge in [0.15, 0.2) is 0 Å². The SMILES string of the molecule is Cc1cc(O)c(CC=O)s1. The van der Waals surface area contributed by atoms with Gasteiger partial charge in [-0.25, -0.2) is 0 Å². The molecule has 0 amide bonds. The summed E-state index contributed by atoms with van der Waals surface area (Å²) in [6.07, 6.45) is 1.12. The molecule has 0 aliphatic carbocycles.